The van der Waals surface area contributed by atoms with Gasteiger partial charge in [0, 0.05) is 4.90 Å². The van der Waals surface area contributed by atoms with E-state index in [-0.39, 0.29) is 0 Å². The van der Waals surface area contributed by atoms with Gasteiger partial charge in [0.15, 0.2) is 0 Å². The van der Waals surface area contributed by atoms with Gasteiger partial charge in [0.1, 0.15) is 0 Å². The molecule has 0 nitrogen and oxygen atoms in total. The predicted octanol–water partition coefficient (Wildman–Crippen LogP) is 4.38. The number of rotatable bonds is 3. The Bertz CT molecular complexity index is 331. The summed E-state index contributed by atoms with van der Waals surface area (Å²) in [6.45, 7) is 3.69. The van der Waals surface area contributed by atoms with Gasteiger partial charge in [-0.25, -0.2) is 0 Å². The lowest BCUT2D eigenvalue weighted by Crippen LogP contribution is -2.09. The van der Waals surface area contributed by atoms with Crippen molar-refractivity contribution in [1.29, 1.82) is 0 Å². The van der Waals surface area contributed by atoms with Crippen molar-refractivity contribution in [2.45, 2.75) is 31.3 Å². The molecule has 0 saturated carbocycles. The van der Waals surface area contributed by atoms with Gasteiger partial charge in [-0.2, -0.15) is 13.2 Å². The highest BCUT2D eigenvalue weighted by atomic mass is 32.2. The molecule has 0 aliphatic carbocycles. The van der Waals surface area contributed by atoms with Crippen molar-refractivity contribution in [3.63, 3.8) is 0 Å². The van der Waals surface area contributed by atoms with Crippen LogP contribution in [0.1, 0.15) is 25.0 Å². The lowest BCUT2D eigenvalue weighted by molar-refractivity contribution is -0.138. The molecule has 0 aromatic heterocycles. The number of thioether (sulfide) groups is 1. The fraction of sp³-hybridized carbons (Fsp3) is 0.455. The predicted molar refractivity (Wildman–Crippen MR) is 57.2 cm³/mol. The topological polar surface area (TPSA) is 0 Å². The molecule has 84 valence electrons. The summed E-state index contributed by atoms with van der Waals surface area (Å²) in [5, 5.41) is 0. The van der Waals surface area contributed by atoms with Crippen LogP contribution in [0.3, 0.4) is 0 Å². The summed E-state index contributed by atoms with van der Waals surface area (Å²) in [6, 6.07) is 4.38. The van der Waals surface area contributed by atoms with Crippen LogP contribution < -0.4 is 0 Å². The first-order valence-electron chi connectivity index (χ1n) is 4.82. The van der Waals surface area contributed by atoms with Crippen molar-refractivity contribution in [3.8, 4) is 0 Å². The van der Waals surface area contributed by atoms with Gasteiger partial charge in [0.25, 0.3) is 0 Å². The van der Waals surface area contributed by atoms with Crippen LogP contribution in [0, 0.1) is 0 Å². The number of hydrogen-bond donors (Lipinski definition) is 0. The average Bonchev–Trinajstić information content (AvgIpc) is 2.16. The van der Waals surface area contributed by atoms with Crippen molar-refractivity contribution >= 4 is 11.8 Å². The molecule has 0 saturated heterocycles. The highest BCUT2D eigenvalue weighted by Gasteiger charge is 2.33. The van der Waals surface area contributed by atoms with Crippen LogP contribution in [0.5, 0.6) is 0 Å². The molecule has 4 heteroatoms. The van der Waals surface area contributed by atoms with Crippen LogP contribution >= 0.6 is 11.8 Å². The van der Waals surface area contributed by atoms with Crippen molar-refractivity contribution < 1.29 is 13.2 Å². The summed E-state index contributed by atoms with van der Waals surface area (Å²) in [5.41, 5.74) is -0.0831. The molecule has 0 fully saturated rings. The SMILES string of the molecule is CCSc1cccc(C(F)(F)F)c1CC. The number of alkyl halides is 3. The minimum Gasteiger partial charge on any atom is -0.166 e. The third-order valence-corrected chi connectivity index (χ3v) is 3.07. The van der Waals surface area contributed by atoms with Crippen LogP contribution in [0.2, 0.25) is 0 Å². The number of benzene rings is 1. The summed E-state index contributed by atoms with van der Waals surface area (Å²) >= 11 is 1.46. The molecule has 15 heavy (non-hydrogen) atoms. The molecule has 1 aromatic carbocycles. The molecule has 0 atom stereocenters. The monoisotopic (exact) mass is 234 g/mol. The van der Waals surface area contributed by atoms with Gasteiger partial charge in [-0.05, 0) is 29.9 Å². The van der Waals surface area contributed by atoms with Gasteiger partial charge in [-0.3, -0.25) is 0 Å². The zero-order chi connectivity index (χ0) is 11.5. The van der Waals surface area contributed by atoms with E-state index in [9.17, 15) is 13.2 Å². The smallest absolute Gasteiger partial charge is 0.166 e. The third kappa shape index (κ3) is 2.91. The quantitative estimate of drug-likeness (QED) is 0.699. The Labute approximate surface area is 91.9 Å². The largest absolute Gasteiger partial charge is 0.416 e. The molecule has 0 N–H and O–H groups in total. The second kappa shape index (κ2) is 4.92. The lowest BCUT2D eigenvalue weighted by Gasteiger charge is -2.14. The van der Waals surface area contributed by atoms with Gasteiger partial charge in [-0.1, -0.05) is 19.9 Å². The molecule has 1 aromatic rings. The van der Waals surface area contributed by atoms with Gasteiger partial charge in [0.05, 0.1) is 5.56 Å². The maximum atomic E-state index is 12.6. The van der Waals surface area contributed by atoms with Crippen molar-refractivity contribution in [2.24, 2.45) is 0 Å². The van der Waals surface area contributed by atoms with Crippen LogP contribution in [-0.2, 0) is 12.6 Å². The maximum Gasteiger partial charge on any atom is 0.416 e. The minimum atomic E-state index is -4.24. The van der Waals surface area contributed by atoms with Gasteiger partial charge in [-0.15, -0.1) is 11.8 Å². The molecule has 0 heterocycles. The zero-order valence-corrected chi connectivity index (χ0v) is 9.50. The van der Waals surface area contributed by atoms with Crippen LogP contribution in [0.4, 0.5) is 13.2 Å². The zero-order valence-electron chi connectivity index (χ0n) is 8.69. The van der Waals surface area contributed by atoms with E-state index in [1.807, 2.05) is 6.92 Å². The van der Waals surface area contributed by atoms with Crippen LogP contribution in [0.25, 0.3) is 0 Å². The molecule has 0 aliphatic rings. The van der Waals surface area contributed by atoms with Gasteiger partial charge in [0.2, 0.25) is 0 Å². The van der Waals surface area contributed by atoms with E-state index < -0.39 is 11.7 Å². The Morgan fingerprint density at radius 2 is 1.87 bits per heavy atom. The second-order valence-corrected chi connectivity index (χ2v) is 4.37. The Kier molecular flexibility index (Phi) is 4.08. The summed E-state index contributed by atoms with van der Waals surface area (Å²) in [6.07, 6.45) is -3.83. The molecular weight excluding hydrogens is 221 g/mol. The van der Waals surface area contributed by atoms with E-state index in [1.54, 1.807) is 13.0 Å². The summed E-state index contributed by atoms with van der Waals surface area (Å²) < 4.78 is 37.9. The van der Waals surface area contributed by atoms with E-state index in [1.165, 1.54) is 17.8 Å². The Balaban J connectivity index is 3.22. The lowest BCUT2D eigenvalue weighted by atomic mass is 10.1. The highest BCUT2D eigenvalue weighted by molar-refractivity contribution is 7.99. The van der Waals surface area contributed by atoms with E-state index in [0.717, 1.165) is 16.7 Å². The summed E-state index contributed by atoms with van der Waals surface area (Å²) in [5.74, 6) is 0.786. The molecule has 1 rings (SSSR count). The molecular formula is C11H13F3S. The first-order valence-corrected chi connectivity index (χ1v) is 5.81. The maximum absolute atomic E-state index is 12.6. The standard InChI is InChI=1S/C11H13F3S/c1-3-8-9(11(12,13)14)6-5-7-10(8)15-4-2/h5-7H,3-4H2,1-2H3. The van der Waals surface area contributed by atoms with E-state index in [4.69, 9.17) is 0 Å². The van der Waals surface area contributed by atoms with Gasteiger partial charge < -0.3 is 0 Å². The third-order valence-electron chi connectivity index (χ3n) is 2.09. The number of hydrogen-bond acceptors (Lipinski definition) is 1. The Morgan fingerprint density at radius 1 is 1.20 bits per heavy atom. The molecule has 0 radical (unpaired) electrons. The Hall–Kier alpha value is -0.640. The van der Waals surface area contributed by atoms with Gasteiger partial charge >= 0.3 is 6.18 Å². The molecule has 0 bridgehead atoms. The van der Waals surface area contributed by atoms with Crippen molar-refractivity contribution in [3.05, 3.63) is 29.3 Å². The second-order valence-electron chi connectivity index (χ2n) is 3.07. The van der Waals surface area contributed by atoms with Crippen molar-refractivity contribution in [1.82, 2.24) is 0 Å². The molecule has 0 aliphatic heterocycles. The molecule has 0 spiro atoms. The normalized spacial score (nSPS) is 11.8. The van der Waals surface area contributed by atoms with Crippen molar-refractivity contribution in [2.75, 3.05) is 5.75 Å². The Morgan fingerprint density at radius 3 is 2.33 bits per heavy atom. The first kappa shape index (κ1) is 12.4. The van der Waals surface area contributed by atoms with E-state index in [2.05, 4.69) is 0 Å². The van der Waals surface area contributed by atoms with Crippen LogP contribution in [0.15, 0.2) is 23.1 Å². The highest BCUT2D eigenvalue weighted by Crippen LogP contribution is 2.36. The number of halogens is 3. The summed E-state index contributed by atoms with van der Waals surface area (Å²) in [4.78, 5) is 0.745. The molecule has 0 amide bonds. The van der Waals surface area contributed by atoms with Crippen LogP contribution in [-0.4, -0.2) is 5.75 Å². The first-order chi connectivity index (χ1) is 7.00. The fourth-order valence-electron chi connectivity index (χ4n) is 1.49. The summed E-state index contributed by atoms with van der Waals surface area (Å²) in [7, 11) is 0. The fourth-order valence-corrected chi connectivity index (χ4v) is 2.40. The van der Waals surface area contributed by atoms with E-state index >= 15 is 0 Å². The van der Waals surface area contributed by atoms with E-state index in [0.29, 0.717) is 12.0 Å². The average molecular weight is 234 g/mol. The molecule has 0 unspecified atom stereocenters. The minimum absolute atomic E-state index is 0.414.